The van der Waals surface area contributed by atoms with E-state index in [0.29, 0.717) is 0 Å². The van der Waals surface area contributed by atoms with Gasteiger partial charge in [0, 0.05) is 25.0 Å². The SMILES string of the molecule is CC(C)(C)C(=O)OC(OC(=O)C(C)(C)C)[PH](=O)C/C=C\Cn1ccc(=O)[nH]c1=O. The van der Waals surface area contributed by atoms with Gasteiger partial charge in [-0.2, -0.15) is 0 Å². The second-order valence-corrected chi connectivity index (χ2v) is 10.4. The van der Waals surface area contributed by atoms with Gasteiger partial charge in [0.2, 0.25) is 0 Å². The van der Waals surface area contributed by atoms with Crippen molar-refractivity contribution in [3.8, 4) is 0 Å². The Morgan fingerprint density at radius 1 is 1.07 bits per heavy atom. The Kier molecular flexibility index (Phi) is 8.38. The maximum atomic E-state index is 12.7. The van der Waals surface area contributed by atoms with Crippen LogP contribution < -0.4 is 11.2 Å². The summed E-state index contributed by atoms with van der Waals surface area (Å²) in [6.45, 7) is 9.97. The number of allylic oxidation sites excluding steroid dienone is 2. The standard InChI is InChI=1S/C19H29N2O7P/c1-18(2,3)14(23)27-17(28-15(24)19(4,5)6)29(26)12-8-7-10-21-11-9-13(22)20-16(21)25/h7-9,11,17,29H,10,12H2,1-6H3,(H,20,22,25)/b8-7-. The lowest BCUT2D eigenvalue weighted by Crippen LogP contribution is -2.33. The van der Waals surface area contributed by atoms with Gasteiger partial charge in [0.05, 0.1) is 10.8 Å². The number of esters is 2. The van der Waals surface area contributed by atoms with Crippen molar-refractivity contribution in [2.75, 3.05) is 6.16 Å². The molecular formula is C19H29N2O7P. The van der Waals surface area contributed by atoms with E-state index in [0.717, 1.165) is 0 Å². The molecule has 1 heterocycles. The molecule has 0 aliphatic heterocycles. The number of carbonyl (C=O) groups excluding carboxylic acids is 2. The van der Waals surface area contributed by atoms with Crippen molar-refractivity contribution in [1.82, 2.24) is 9.55 Å². The zero-order valence-corrected chi connectivity index (χ0v) is 18.6. The highest BCUT2D eigenvalue weighted by atomic mass is 31.1. The van der Waals surface area contributed by atoms with Crippen molar-refractivity contribution < 1.29 is 23.6 Å². The van der Waals surface area contributed by atoms with Crippen LogP contribution in [0.1, 0.15) is 41.5 Å². The number of ether oxygens (including phenoxy) is 2. The van der Waals surface area contributed by atoms with Gasteiger partial charge < -0.3 is 14.0 Å². The van der Waals surface area contributed by atoms with Gasteiger partial charge in [-0.25, -0.2) is 4.79 Å². The van der Waals surface area contributed by atoms with E-state index < -0.39 is 47.8 Å². The molecule has 1 aromatic heterocycles. The van der Waals surface area contributed by atoms with Crippen LogP contribution in [0.2, 0.25) is 0 Å². The number of hydrogen-bond donors (Lipinski definition) is 1. The number of hydrogen-bond acceptors (Lipinski definition) is 7. The Labute approximate surface area is 169 Å². The largest absolute Gasteiger partial charge is 0.418 e. The summed E-state index contributed by atoms with van der Waals surface area (Å²) in [6.07, 6.45) is 4.47. The monoisotopic (exact) mass is 428 g/mol. The normalized spacial score (nSPS) is 13.5. The number of nitrogens with one attached hydrogen (secondary N) is 1. The zero-order valence-electron chi connectivity index (χ0n) is 17.6. The number of H-pyrrole nitrogens is 1. The molecule has 0 aliphatic carbocycles. The summed E-state index contributed by atoms with van der Waals surface area (Å²) >= 11 is 0. The lowest BCUT2D eigenvalue weighted by atomic mass is 9.97. The van der Waals surface area contributed by atoms with Crippen LogP contribution in [0.5, 0.6) is 0 Å². The molecule has 162 valence electrons. The van der Waals surface area contributed by atoms with Crippen LogP contribution in [-0.4, -0.2) is 33.7 Å². The van der Waals surface area contributed by atoms with E-state index in [4.69, 9.17) is 9.47 Å². The van der Waals surface area contributed by atoms with Crippen LogP contribution >= 0.6 is 7.80 Å². The molecule has 0 aliphatic rings. The van der Waals surface area contributed by atoms with Gasteiger partial charge in [-0.05, 0) is 41.5 Å². The molecule has 1 aromatic rings. The van der Waals surface area contributed by atoms with E-state index in [2.05, 4.69) is 4.98 Å². The first kappa shape index (κ1) is 24.6. The third-order valence-electron chi connectivity index (χ3n) is 3.60. The second-order valence-electron chi connectivity index (χ2n) is 8.55. The minimum atomic E-state index is -2.68. The van der Waals surface area contributed by atoms with Crippen LogP contribution in [0.3, 0.4) is 0 Å². The second kappa shape index (κ2) is 9.87. The molecular weight excluding hydrogens is 399 g/mol. The van der Waals surface area contributed by atoms with Crippen LogP contribution in [-0.2, 0) is 30.2 Å². The smallest absolute Gasteiger partial charge is 0.328 e. The third kappa shape index (κ3) is 8.23. The van der Waals surface area contributed by atoms with E-state index >= 15 is 0 Å². The summed E-state index contributed by atoms with van der Waals surface area (Å²) in [4.78, 5) is 49.1. The number of nitrogens with zero attached hydrogens (tertiary/aromatic N) is 1. The van der Waals surface area contributed by atoms with Crippen molar-refractivity contribution in [3.05, 3.63) is 45.3 Å². The fraction of sp³-hybridized carbons (Fsp3) is 0.579. The van der Waals surface area contributed by atoms with Crippen molar-refractivity contribution in [2.24, 2.45) is 10.8 Å². The van der Waals surface area contributed by atoms with E-state index in [1.165, 1.54) is 16.8 Å². The summed E-state index contributed by atoms with van der Waals surface area (Å²) in [5, 5.41) is 0. The highest BCUT2D eigenvalue weighted by Gasteiger charge is 2.33. The minimum Gasteiger partial charge on any atom is -0.418 e. The quantitative estimate of drug-likeness (QED) is 0.305. The van der Waals surface area contributed by atoms with Crippen LogP contribution in [0.4, 0.5) is 0 Å². The number of aromatic nitrogens is 2. The molecule has 1 rings (SSSR count). The molecule has 0 aromatic carbocycles. The topological polar surface area (TPSA) is 125 Å². The zero-order chi connectivity index (χ0) is 22.4. The molecule has 0 spiro atoms. The average Bonchev–Trinajstić information content (AvgIpc) is 2.57. The van der Waals surface area contributed by atoms with Gasteiger partial charge in [0.25, 0.3) is 11.6 Å². The molecule has 0 saturated carbocycles. The Bertz CT molecular complexity index is 873. The van der Waals surface area contributed by atoms with Gasteiger partial charge in [-0.3, -0.25) is 23.9 Å². The molecule has 0 amide bonds. The predicted molar refractivity (Wildman–Crippen MR) is 109 cm³/mol. The molecule has 9 nitrogen and oxygen atoms in total. The van der Waals surface area contributed by atoms with Crippen LogP contribution in [0.25, 0.3) is 0 Å². The van der Waals surface area contributed by atoms with E-state index in [-0.39, 0.29) is 12.7 Å². The highest BCUT2D eigenvalue weighted by Crippen LogP contribution is 2.34. The molecule has 0 saturated heterocycles. The van der Waals surface area contributed by atoms with E-state index in [1.807, 2.05) is 0 Å². The van der Waals surface area contributed by atoms with Crippen molar-refractivity contribution in [1.29, 1.82) is 0 Å². The van der Waals surface area contributed by atoms with Crippen LogP contribution in [0, 0.1) is 10.8 Å². The number of aromatic amines is 1. The molecule has 0 bridgehead atoms. The van der Waals surface area contributed by atoms with E-state index in [9.17, 15) is 23.7 Å². The number of carbonyl (C=O) groups is 2. The lowest BCUT2D eigenvalue weighted by molar-refractivity contribution is -0.184. The molecule has 10 heteroatoms. The Balaban J connectivity index is 2.84. The highest BCUT2D eigenvalue weighted by molar-refractivity contribution is 7.45. The maximum Gasteiger partial charge on any atom is 0.328 e. The molecule has 1 unspecified atom stereocenters. The average molecular weight is 428 g/mol. The molecule has 29 heavy (non-hydrogen) atoms. The third-order valence-corrected chi connectivity index (χ3v) is 5.00. The van der Waals surface area contributed by atoms with Crippen molar-refractivity contribution in [2.45, 2.75) is 54.1 Å². The van der Waals surface area contributed by atoms with Gasteiger partial charge in [-0.1, -0.05) is 12.2 Å². The van der Waals surface area contributed by atoms with Gasteiger partial charge in [0.1, 0.15) is 0 Å². The predicted octanol–water partition coefficient (Wildman–Crippen LogP) is 2.11. The fourth-order valence-electron chi connectivity index (χ4n) is 1.78. The molecule has 1 N–H and O–H groups in total. The fourth-order valence-corrected chi connectivity index (χ4v) is 2.84. The summed E-state index contributed by atoms with van der Waals surface area (Å²) in [5.41, 5.74) is -2.76. The molecule has 0 radical (unpaired) electrons. The summed E-state index contributed by atoms with van der Waals surface area (Å²) in [5.74, 6) is -1.27. The van der Waals surface area contributed by atoms with Crippen molar-refractivity contribution >= 4 is 19.7 Å². The van der Waals surface area contributed by atoms with Gasteiger partial charge in [-0.15, -0.1) is 0 Å². The molecule has 0 fully saturated rings. The first-order valence-electron chi connectivity index (χ1n) is 9.11. The maximum absolute atomic E-state index is 12.7. The number of rotatable bonds is 7. The van der Waals surface area contributed by atoms with Crippen LogP contribution in [0.15, 0.2) is 34.0 Å². The summed E-state index contributed by atoms with van der Waals surface area (Å²) < 4.78 is 24.3. The van der Waals surface area contributed by atoms with E-state index in [1.54, 1.807) is 53.7 Å². The summed E-state index contributed by atoms with van der Waals surface area (Å²) in [7, 11) is -2.68. The first-order valence-corrected chi connectivity index (χ1v) is 10.8. The Morgan fingerprint density at radius 2 is 1.59 bits per heavy atom. The lowest BCUT2D eigenvalue weighted by Gasteiger charge is -2.25. The first-order chi connectivity index (χ1) is 13.2. The summed E-state index contributed by atoms with van der Waals surface area (Å²) in [6, 6.07) is -0.259. The Morgan fingerprint density at radius 3 is 2.03 bits per heavy atom. The van der Waals surface area contributed by atoms with Gasteiger partial charge >= 0.3 is 17.6 Å². The van der Waals surface area contributed by atoms with Crippen molar-refractivity contribution in [3.63, 3.8) is 0 Å². The Hall–Kier alpha value is -2.41. The van der Waals surface area contributed by atoms with Gasteiger partial charge in [0.15, 0.2) is 7.80 Å². The molecule has 1 atom stereocenters. The minimum absolute atomic E-state index is 0.00226.